The van der Waals surface area contributed by atoms with Gasteiger partial charge in [-0.05, 0) is 30.7 Å². The molecule has 2 rings (SSSR count). The third-order valence-electron chi connectivity index (χ3n) is 4.73. The second kappa shape index (κ2) is 6.92. The third-order valence-corrected chi connectivity index (χ3v) is 4.73. The molecule has 0 spiro atoms. The third kappa shape index (κ3) is 3.74. The van der Waals surface area contributed by atoms with Crippen LogP contribution in [-0.4, -0.2) is 35.4 Å². The lowest BCUT2D eigenvalue weighted by atomic mass is 9.78. The molecule has 1 N–H and O–H groups in total. The maximum absolute atomic E-state index is 12.7. The minimum atomic E-state index is 0.111. The van der Waals surface area contributed by atoms with Crippen LogP contribution < -0.4 is 5.32 Å². The number of carbonyl (C=O) groups excluding carboxylic acids is 1. The molecule has 1 aliphatic rings. The van der Waals surface area contributed by atoms with E-state index in [4.69, 9.17) is 0 Å². The molecule has 0 bridgehead atoms. The molecule has 0 unspecified atom stereocenters. The van der Waals surface area contributed by atoms with Gasteiger partial charge in [0.05, 0.1) is 11.3 Å². The summed E-state index contributed by atoms with van der Waals surface area (Å²) < 4.78 is 0. The Morgan fingerprint density at radius 2 is 2.10 bits per heavy atom. The van der Waals surface area contributed by atoms with Gasteiger partial charge >= 0.3 is 0 Å². The number of carbonyl (C=O) groups is 1. The van der Waals surface area contributed by atoms with Gasteiger partial charge in [-0.15, -0.1) is 0 Å². The quantitative estimate of drug-likeness (QED) is 0.901. The molecule has 1 aromatic heterocycles. The van der Waals surface area contributed by atoms with Gasteiger partial charge in [0.15, 0.2) is 0 Å². The van der Waals surface area contributed by atoms with Crippen molar-refractivity contribution >= 4 is 11.6 Å². The smallest absolute Gasteiger partial charge is 0.257 e. The van der Waals surface area contributed by atoms with Crippen molar-refractivity contribution in [2.45, 2.75) is 46.5 Å². The van der Waals surface area contributed by atoms with Crippen LogP contribution in [0.2, 0.25) is 0 Å². The fraction of sp³-hybridized carbons (Fsp3) is 0.647. The molecular formula is C17H27N3O. The number of hydrogen-bond donors (Lipinski definition) is 1. The van der Waals surface area contributed by atoms with Gasteiger partial charge < -0.3 is 10.2 Å². The van der Waals surface area contributed by atoms with Crippen molar-refractivity contribution in [1.29, 1.82) is 0 Å². The van der Waals surface area contributed by atoms with Gasteiger partial charge in [-0.25, -0.2) is 0 Å². The Morgan fingerprint density at radius 1 is 1.38 bits per heavy atom. The normalized spacial score (nSPS) is 17.6. The van der Waals surface area contributed by atoms with Crippen LogP contribution in [0.4, 0.5) is 5.69 Å². The SMILES string of the molecule is CCCNc1ccncc1C(=O)N1CCC(C)(CC)CC1. The Balaban J connectivity index is 2.07. The van der Waals surface area contributed by atoms with E-state index in [9.17, 15) is 4.79 Å². The molecule has 0 aliphatic carbocycles. The molecule has 1 saturated heterocycles. The van der Waals surface area contributed by atoms with Crippen LogP contribution in [0.1, 0.15) is 56.8 Å². The molecule has 1 aliphatic heterocycles. The lowest BCUT2D eigenvalue weighted by Crippen LogP contribution is -2.42. The first-order chi connectivity index (χ1) is 10.1. The van der Waals surface area contributed by atoms with E-state index >= 15 is 0 Å². The van der Waals surface area contributed by atoms with Crippen LogP contribution >= 0.6 is 0 Å². The van der Waals surface area contributed by atoms with E-state index < -0.39 is 0 Å². The monoisotopic (exact) mass is 289 g/mol. The Kier molecular flexibility index (Phi) is 5.21. The zero-order valence-corrected chi connectivity index (χ0v) is 13.5. The molecule has 2 heterocycles. The summed E-state index contributed by atoms with van der Waals surface area (Å²) in [6.45, 7) is 9.26. The fourth-order valence-corrected chi connectivity index (χ4v) is 2.75. The van der Waals surface area contributed by atoms with Crippen LogP contribution in [0.5, 0.6) is 0 Å². The summed E-state index contributed by atoms with van der Waals surface area (Å²) in [7, 11) is 0. The maximum atomic E-state index is 12.7. The standard InChI is InChI=1S/C17H27N3O/c1-4-9-19-15-6-10-18-13-14(15)16(21)20-11-7-17(3,5-2)8-12-20/h6,10,13H,4-5,7-9,11-12H2,1-3H3,(H,18,19). The number of rotatable bonds is 5. The van der Waals surface area contributed by atoms with Crippen LogP contribution in [0.3, 0.4) is 0 Å². The second-order valence-corrected chi connectivity index (χ2v) is 6.30. The molecule has 21 heavy (non-hydrogen) atoms. The van der Waals surface area contributed by atoms with Gasteiger partial charge in [-0.1, -0.05) is 27.2 Å². The predicted octanol–water partition coefficient (Wildman–Crippen LogP) is 3.56. The van der Waals surface area contributed by atoms with Crippen LogP contribution in [0.15, 0.2) is 18.5 Å². The molecule has 0 radical (unpaired) electrons. The Morgan fingerprint density at radius 3 is 2.71 bits per heavy atom. The van der Waals surface area contributed by atoms with Gasteiger partial charge in [0.25, 0.3) is 5.91 Å². The largest absolute Gasteiger partial charge is 0.384 e. The highest BCUT2D eigenvalue weighted by Crippen LogP contribution is 2.34. The number of amides is 1. The van der Waals surface area contributed by atoms with Crippen molar-refractivity contribution in [2.75, 3.05) is 25.0 Å². The van der Waals surface area contributed by atoms with Crippen molar-refractivity contribution in [1.82, 2.24) is 9.88 Å². The first-order valence-corrected chi connectivity index (χ1v) is 8.07. The molecule has 1 aromatic rings. The highest BCUT2D eigenvalue weighted by molar-refractivity contribution is 5.99. The molecule has 116 valence electrons. The number of likely N-dealkylation sites (tertiary alicyclic amines) is 1. The maximum Gasteiger partial charge on any atom is 0.257 e. The molecule has 0 saturated carbocycles. The van der Waals surface area contributed by atoms with Gasteiger partial charge in [-0.2, -0.15) is 0 Å². The first-order valence-electron chi connectivity index (χ1n) is 8.07. The lowest BCUT2D eigenvalue weighted by Gasteiger charge is -2.39. The predicted molar refractivity (Wildman–Crippen MR) is 86.6 cm³/mol. The van der Waals surface area contributed by atoms with Crippen molar-refractivity contribution in [3.05, 3.63) is 24.0 Å². The van der Waals surface area contributed by atoms with Gasteiger partial charge in [0.1, 0.15) is 0 Å². The van der Waals surface area contributed by atoms with Crippen LogP contribution in [-0.2, 0) is 0 Å². The summed E-state index contributed by atoms with van der Waals surface area (Å²) in [6, 6.07) is 1.89. The minimum absolute atomic E-state index is 0.111. The minimum Gasteiger partial charge on any atom is -0.384 e. The summed E-state index contributed by atoms with van der Waals surface area (Å²) >= 11 is 0. The second-order valence-electron chi connectivity index (χ2n) is 6.30. The van der Waals surface area contributed by atoms with Crippen LogP contribution in [0, 0.1) is 5.41 Å². The van der Waals surface area contributed by atoms with Gasteiger partial charge in [-0.3, -0.25) is 9.78 Å². The van der Waals surface area contributed by atoms with Gasteiger partial charge in [0.2, 0.25) is 0 Å². The zero-order chi connectivity index (χ0) is 15.3. The number of piperidine rings is 1. The molecule has 4 nitrogen and oxygen atoms in total. The number of nitrogens with zero attached hydrogens (tertiary/aromatic N) is 2. The van der Waals surface area contributed by atoms with Crippen molar-refractivity contribution in [3.8, 4) is 0 Å². The first kappa shape index (κ1) is 15.8. The molecule has 1 fully saturated rings. The molecule has 0 atom stereocenters. The summed E-state index contributed by atoms with van der Waals surface area (Å²) in [5.74, 6) is 0.111. The number of nitrogens with one attached hydrogen (secondary N) is 1. The highest BCUT2D eigenvalue weighted by Gasteiger charge is 2.31. The fourth-order valence-electron chi connectivity index (χ4n) is 2.75. The van der Waals surface area contributed by atoms with Gasteiger partial charge in [0, 0.05) is 32.0 Å². The molecule has 0 aromatic carbocycles. The topological polar surface area (TPSA) is 45.2 Å². The summed E-state index contributed by atoms with van der Waals surface area (Å²) in [4.78, 5) is 18.8. The van der Waals surface area contributed by atoms with E-state index in [1.165, 1.54) is 6.42 Å². The Bertz CT molecular complexity index is 479. The van der Waals surface area contributed by atoms with E-state index in [0.717, 1.165) is 44.6 Å². The highest BCUT2D eigenvalue weighted by atomic mass is 16.2. The molecule has 1 amide bonds. The van der Waals surface area contributed by atoms with Crippen molar-refractivity contribution in [3.63, 3.8) is 0 Å². The Labute approximate surface area is 127 Å². The van der Waals surface area contributed by atoms with Crippen LogP contribution in [0.25, 0.3) is 0 Å². The van der Waals surface area contributed by atoms with E-state index in [0.29, 0.717) is 11.0 Å². The lowest BCUT2D eigenvalue weighted by molar-refractivity contribution is 0.0601. The van der Waals surface area contributed by atoms with E-state index in [-0.39, 0.29) is 5.91 Å². The number of hydrogen-bond acceptors (Lipinski definition) is 3. The average Bonchev–Trinajstić information content (AvgIpc) is 2.53. The molecular weight excluding hydrogens is 262 g/mol. The van der Waals surface area contributed by atoms with Crippen molar-refractivity contribution in [2.24, 2.45) is 5.41 Å². The molecule has 4 heteroatoms. The number of anilines is 1. The summed E-state index contributed by atoms with van der Waals surface area (Å²) in [5.41, 5.74) is 2.00. The average molecular weight is 289 g/mol. The van der Waals surface area contributed by atoms with E-state index in [1.807, 2.05) is 11.0 Å². The number of pyridine rings is 1. The summed E-state index contributed by atoms with van der Waals surface area (Å²) in [6.07, 6.45) is 7.83. The van der Waals surface area contributed by atoms with E-state index in [1.54, 1.807) is 12.4 Å². The Hall–Kier alpha value is -1.58. The summed E-state index contributed by atoms with van der Waals surface area (Å²) in [5, 5.41) is 3.32. The van der Waals surface area contributed by atoms with Crippen molar-refractivity contribution < 1.29 is 4.79 Å². The zero-order valence-electron chi connectivity index (χ0n) is 13.5. The number of aromatic nitrogens is 1. The van der Waals surface area contributed by atoms with E-state index in [2.05, 4.69) is 31.1 Å².